The van der Waals surface area contributed by atoms with Crippen molar-refractivity contribution < 1.29 is 18.3 Å². The lowest BCUT2D eigenvalue weighted by Crippen LogP contribution is -2.04. The zero-order valence-electron chi connectivity index (χ0n) is 16.1. The molecular weight excluding hydrogens is 380 g/mol. The van der Waals surface area contributed by atoms with E-state index in [-0.39, 0.29) is 18.2 Å². The van der Waals surface area contributed by atoms with E-state index in [2.05, 4.69) is 25.1 Å². The number of alkyl halides is 2. The quantitative estimate of drug-likeness (QED) is 0.590. The second-order valence-corrected chi connectivity index (χ2v) is 6.19. The van der Waals surface area contributed by atoms with E-state index in [1.54, 1.807) is 30.6 Å². The number of allylic oxidation sites excluding steroid dienone is 1. The highest BCUT2D eigenvalue weighted by molar-refractivity contribution is 5.64. The molecule has 3 rings (SSSR count). The van der Waals surface area contributed by atoms with E-state index in [1.807, 2.05) is 13.8 Å². The van der Waals surface area contributed by atoms with E-state index < -0.39 is 6.43 Å². The Morgan fingerprint density at radius 2 is 1.72 bits per heavy atom. The molecule has 0 bridgehead atoms. The molecule has 0 saturated heterocycles. The van der Waals surface area contributed by atoms with Crippen molar-refractivity contribution in [2.75, 3.05) is 13.7 Å². The summed E-state index contributed by atoms with van der Waals surface area (Å²) in [6.07, 6.45) is 1.85. The number of hydrogen-bond donors (Lipinski definition) is 0. The Kier molecular flexibility index (Phi) is 6.38. The highest BCUT2D eigenvalue weighted by Crippen LogP contribution is 2.22. The number of halogens is 2. The third kappa shape index (κ3) is 5.07. The normalized spacial score (nSPS) is 11.9. The Morgan fingerprint density at radius 1 is 0.966 bits per heavy atom. The van der Waals surface area contributed by atoms with Crippen molar-refractivity contribution in [2.24, 2.45) is 0 Å². The fourth-order valence-corrected chi connectivity index (χ4v) is 2.37. The molecule has 0 N–H and O–H groups in total. The molecule has 3 heterocycles. The first kappa shape index (κ1) is 20.2. The predicted molar refractivity (Wildman–Crippen MR) is 103 cm³/mol. The van der Waals surface area contributed by atoms with Crippen LogP contribution in [0.5, 0.6) is 11.9 Å². The average Bonchev–Trinajstić information content (AvgIpc) is 2.77. The Morgan fingerprint density at radius 3 is 2.28 bits per heavy atom. The number of aromatic nitrogens is 5. The van der Waals surface area contributed by atoms with Gasteiger partial charge in [0.05, 0.1) is 18.5 Å². The van der Waals surface area contributed by atoms with Gasteiger partial charge in [-0.25, -0.2) is 18.7 Å². The average molecular weight is 399 g/mol. The molecule has 3 aromatic heterocycles. The van der Waals surface area contributed by atoms with Crippen molar-refractivity contribution in [1.82, 2.24) is 25.1 Å². The Hall–Kier alpha value is -3.49. The molecule has 0 aliphatic heterocycles. The van der Waals surface area contributed by atoms with Gasteiger partial charge in [0.25, 0.3) is 6.43 Å². The summed E-state index contributed by atoms with van der Waals surface area (Å²) < 4.78 is 35.9. The Bertz CT molecular complexity index is 975. The summed E-state index contributed by atoms with van der Waals surface area (Å²) in [4.78, 5) is 12.2. The number of pyridine rings is 1. The van der Waals surface area contributed by atoms with Crippen LogP contribution in [0.3, 0.4) is 0 Å². The fourth-order valence-electron chi connectivity index (χ4n) is 2.37. The minimum absolute atomic E-state index is 0.104. The van der Waals surface area contributed by atoms with Crippen LogP contribution in [0.15, 0.2) is 48.4 Å². The highest BCUT2D eigenvalue weighted by Gasteiger charge is 2.09. The first-order chi connectivity index (χ1) is 14.0. The maximum absolute atomic E-state index is 12.6. The number of nitrogens with zero attached hydrogens (tertiary/aromatic N) is 5. The topological polar surface area (TPSA) is 82.9 Å². The molecule has 9 heteroatoms. The van der Waals surface area contributed by atoms with Gasteiger partial charge in [-0.15, -0.1) is 10.2 Å². The van der Waals surface area contributed by atoms with Crippen LogP contribution in [-0.2, 0) is 0 Å². The molecule has 0 radical (unpaired) electrons. The number of ether oxygens (including phenoxy) is 2. The number of hydrogen-bond acceptors (Lipinski definition) is 7. The summed E-state index contributed by atoms with van der Waals surface area (Å²) in [7, 11) is 1.49. The van der Waals surface area contributed by atoms with E-state index in [9.17, 15) is 8.78 Å². The van der Waals surface area contributed by atoms with Gasteiger partial charge in [-0.05, 0) is 43.2 Å². The van der Waals surface area contributed by atoms with Crippen molar-refractivity contribution >= 4 is 5.57 Å². The van der Waals surface area contributed by atoms with E-state index in [0.29, 0.717) is 22.8 Å². The van der Waals surface area contributed by atoms with E-state index in [1.165, 1.54) is 19.4 Å². The third-order valence-electron chi connectivity index (χ3n) is 4.25. The van der Waals surface area contributed by atoms with Crippen LogP contribution in [-0.4, -0.2) is 38.9 Å². The Labute approximate surface area is 166 Å². The predicted octanol–water partition coefficient (Wildman–Crippen LogP) is 4.15. The van der Waals surface area contributed by atoms with Crippen molar-refractivity contribution in [3.8, 4) is 23.1 Å². The summed E-state index contributed by atoms with van der Waals surface area (Å²) in [6, 6.07) is 6.68. The second kappa shape index (κ2) is 9.13. The van der Waals surface area contributed by atoms with Gasteiger partial charge in [0, 0.05) is 35.8 Å². The van der Waals surface area contributed by atoms with Gasteiger partial charge in [0.15, 0.2) is 0 Å². The van der Waals surface area contributed by atoms with Crippen LogP contribution in [0.2, 0.25) is 0 Å². The molecule has 0 fully saturated rings. The van der Waals surface area contributed by atoms with Gasteiger partial charge in [0.1, 0.15) is 6.61 Å². The van der Waals surface area contributed by atoms with Crippen molar-refractivity contribution in [3.63, 3.8) is 0 Å². The van der Waals surface area contributed by atoms with Gasteiger partial charge < -0.3 is 9.47 Å². The van der Waals surface area contributed by atoms with Crippen molar-refractivity contribution in [3.05, 3.63) is 59.7 Å². The monoisotopic (exact) mass is 399 g/mol. The standard InChI is InChI=1S/C20H19F2N5O2/c1-12(13(2)16-5-4-14(8-23-16)19(21)22)11-29-18-7-6-17(26-27-18)15-9-24-20(28-3)25-10-15/h4-10,19H,11H2,1-3H3/b13-12-. The summed E-state index contributed by atoms with van der Waals surface area (Å²) in [5, 5.41) is 8.17. The molecular formula is C20H19F2N5O2. The highest BCUT2D eigenvalue weighted by atomic mass is 19.3. The molecule has 0 aliphatic rings. The molecule has 0 saturated carbocycles. The maximum Gasteiger partial charge on any atom is 0.316 e. The summed E-state index contributed by atoms with van der Waals surface area (Å²) >= 11 is 0. The zero-order chi connectivity index (χ0) is 20.8. The maximum atomic E-state index is 12.6. The van der Waals surface area contributed by atoms with Gasteiger partial charge in [-0.1, -0.05) is 0 Å². The molecule has 150 valence electrons. The summed E-state index contributed by atoms with van der Waals surface area (Å²) in [5.74, 6) is 0.358. The van der Waals surface area contributed by atoms with Crippen LogP contribution >= 0.6 is 0 Å². The first-order valence-electron chi connectivity index (χ1n) is 8.71. The lowest BCUT2D eigenvalue weighted by Gasteiger charge is -2.10. The Balaban J connectivity index is 1.64. The molecule has 0 unspecified atom stereocenters. The molecule has 0 atom stereocenters. The lowest BCUT2D eigenvalue weighted by molar-refractivity contribution is 0.151. The second-order valence-electron chi connectivity index (χ2n) is 6.19. The molecule has 0 aliphatic carbocycles. The summed E-state index contributed by atoms with van der Waals surface area (Å²) in [6.45, 7) is 4.01. The SMILES string of the molecule is COc1ncc(-c2ccc(OC/C(C)=C(/C)c3ccc(C(F)F)cn3)nn2)cn1. The minimum Gasteiger partial charge on any atom is -0.472 e. The molecule has 0 aromatic carbocycles. The lowest BCUT2D eigenvalue weighted by atomic mass is 10.1. The van der Waals surface area contributed by atoms with Crippen molar-refractivity contribution in [1.29, 1.82) is 0 Å². The van der Waals surface area contributed by atoms with E-state index in [4.69, 9.17) is 9.47 Å². The van der Waals surface area contributed by atoms with Crippen LogP contribution in [0.4, 0.5) is 8.78 Å². The smallest absolute Gasteiger partial charge is 0.316 e. The largest absolute Gasteiger partial charge is 0.472 e. The minimum atomic E-state index is -2.53. The zero-order valence-corrected chi connectivity index (χ0v) is 16.1. The number of rotatable bonds is 7. The van der Waals surface area contributed by atoms with Crippen LogP contribution in [0, 0.1) is 0 Å². The van der Waals surface area contributed by atoms with E-state index in [0.717, 1.165) is 11.1 Å². The van der Waals surface area contributed by atoms with Gasteiger partial charge in [-0.3, -0.25) is 4.98 Å². The number of methoxy groups -OCH3 is 1. The van der Waals surface area contributed by atoms with Crippen LogP contribution in [0.25, 0.3) is 16.8 Å². The van der Waals surface area contributed by atoms with Gasteiger partial charge in [0.2, 0.25) is 5.88 Å². The van der Waals surface area contributed by atoms with Crippen molar-refractivity contribution in [2.45, 2.75) is 20.3 Å². The first-order valence-corrected chi connectivity index (χ1v) is 8.71. The molecule has 0 amide bonds. The van der Waals surface area contributed by atoms with E-state index >= 15 is 0 Å². The third-order valence-corrected chi connectivity index (χ3v) is 4.25. The molecule has 29 heavy (non-hydrogen) atoms. The van der Waals surface area contributed by atoms with Gasteiger partial charge >= 0.3 is 6.01 Å². The molecule has 3 aromatic rings. The van der Waals surface area contributed by atoms with Crippen LogP contribution in [0.1, 0.15) is 31.5 Å². The fraction of sp³-hybridized carbons (Fsp3) is 0.250. The molecule has 7 nitrogen and oxygen atoms in total. The molecule has 0 spiro atoms. The summed E-state index contributed by atoms with van der Waals surface area (Å²) in [5.41, 5.74) is 3.58. The van der Waals surface area contributed by atoms with Gasteiger partial charge in [-0.2, -0.15) is 0 Å². The van der Waals surface area contributed by atoms with Crippen LogP contribution < -0.4 is 9.47 Å².